The summed E-state index contributed by atoms with van der Waals surface area (Å²) in [5.41, 5.74) is 3.59. The molecule has 11 heteroatoms. The lowest BCUT2D eigenvalue weighted by Crippen LogP contribution is -2.63. The number of hydrogen-bond acceptors (Lipinski definition) is 10. The maximum absolute atomic E-state index is 13.8. The van der Waals surface area contributed by atoms with Crippen LogP contribution in [0.1, 0.15) is 22.3 Å². The Kier molecular flexibility index (Phi) is 6.04. The molecule has 5 rings (SSSR count). The first kappa shape index (κ1) is 26.4. The third-order valence-electron chi connectivity index (χ3n) is 8.12. The highest BCUT2D eigenvalue weighted by Gasteiger charge is 2.63. The van der Waals surface area contributed by atoms with Crippen LogP contribution in [0, 0.1) is 11.8 Å². The number of ketones is 2. The molecule has 0 radical (unpaired) electrons. The lowest BCUT2D eigenvalue weighted by atomic mass is 9.58. The van der Waals surface area contributed by atoms with Crippen LogP contribution in [0.15, 0.2) is 53.1 Å². The van der Waals surface area contributed by atoms with Crippen LogP contribution < -0.4 is 10.6 Å². The number of aliphatic hydroxyl groups excluding tert-OH is 2. The number of hydrogen-bond donors (Lipinski definition) is 5. The Bertz CT molecular complexity index is 1490. The zero-order valence-corrected chi connectivity index (χ0v) is 22.0. The number of aromatic hydroxyl groups is 1. The number of fused-ring (bicyclic) bond motifs is 3. The van der Waals surface area contributed by atoms with Crippen molar-refractivity contribution in [3.63, 3.8) is 0 Å². The predicted octanol–water partition coefficient (Wildman–Crippen LogP) is 1.25. The lowest BCUT2D eigenvalue weighted by molar-refractivity contribution is -0.148. The first-order valence-corrected chi connectivity index (χ1v) is 12.4. The first-order chi connectivity index (χ1) is 18.3. The molecule has 0 saturated heterocycles. The summed E-state index contributed by atoms with van der Waals surface area (Å²) in [5.74, 6) is -6.02. The van der Waals surface area contributed by atoms with Crippen LogP contribution in [0.4, 0.5) is 5.82 Å². The third kappa shape index (κ3) is 3.64. The van der Waals surface area contributed by atoms with E-state index in [1.54, 1.807) is 26.4 Å². The molecule has 39 heavy (non-hydrogen) atoms. The van der Waals surface area contributed by atoms with Gasteiger partial charge in [0, 0.05) is 37.3 Å². The van der Waals surface area contributed by atoms with E-state index >= 15 is 0 Å². The molecule has 0 saturated carbocycles. The van der Waals surface area contributed by atoms with Gasteiger partial charge in [0.05, 0.1) is 11.6 Å². The number of phenolic OH excluding ortho intramolecular Hbond substituents is 1. The highest BCUT2D eigenvalue weighted by Crippen LogP contribution is 2.53. The fourth-order valence-electron chi connectivity index (χ4n) is 6.33. The van der Waals surface area contributed by atoms with Gasteiger partial charge in [0.2, 0.25) is 5.78 Å². The van der Waals surface area contributed by atoms with Crippen molar-refractivity contribution in [3.05, 3.63) is 64.3 Å². The zero-order valence-electron chi connectivity index (χ0n) is 22.0. The second-order valence-electron chi connectivity index (χ2n) is 10.7. The molecule has 1 aromatic heterocycles. The highest BCUT2D eigenvalue weighted by molar-refractivity contribution is 6.24. The third-order valence-corrected chi connectivity index (χ3v) is 8.12. The molecule has 0 spiro atoms. The number of nitrogens with zero attached hydrogens (tertiary/aromatic N) is 3. The van der Waals surface area contributed by atoms with Gasteiger partial charge in [-0.1, -0.05) is 6.07 Å². The summed E-state index contributed by atoms with van der Waals surface area (Å²) in [5, 5.41) is 44.7. The van der Waals surface area contributed by atoms with E-state index in [9.17, 15) is 34.8 Å². The Hall–Kier alpha value is -4.22. The molecule has 11 nitrogen and oxygen atoms in total. The minimum Gasteiger partial charge on any atom is -0.510 e. The molecule has 1 amide bonds. The molecular formula is C28H30N4O7. The topological polar surface area (TPSA) is 178 Å². The number of aromatic nitrogens is 1. The number of pyridine rings is 1. The minimum absolute atomic E-state index is 0.0265. The summed E-state index contributed by atoms with van der Waals surface area (Å²) >= 11 is 0. The number of anilines is 1. The van der Waals surface area contributed by atoms with E-state index in [0.29, 0.717) is 11.1 Å². The van der Waals surface area contributed by atoms with Crippen LogP contribution in [-0.2, 0) is 16.0 Å². The van der Waals surface area contributed by atoms with Crippen molar-refractivity contribution in [2.75, 3.05) is 33.1 Å². The Morgan fingerprint density at radius 2 is 1.77 bits per heavy atom. The maximum Gasteiger partial charge on any atom is 0.255 e. The molecule has 4 atom stereocenters. The number of allylic oxidation sites excluding steroid dienone is 1. The Morgan fingerprint density at radius 1 is 1.08 bits per heavy atom. The molecule has 0 unspecified atom stereocenters. The summed E-state index contributed by atoms with van der Waals surface area (Å²) in [4.78, 5) is 47.1. The van der Waals surface area contributed by atoms with Crippen LogP contribution in [-0.4, -0.2) is 87.6 Å². The summed E-state index contributed by atoms with van der Waals surface area (Å²) in [7, 11) is 6.91. The molecule has 3 aliphatic rings. The van der Waals surface area contributed by atoms with Gasteiger partial charge in [0.25, 0.3) is 5.91 Å². The lowest BCUT2D eigenvalue weighted by Gasteiger charge is -2.50. The Balaban J connectivity index is 1.69. The monoisotopic (exact) mass is 534 g/mol. The van der Waals surface area contributed by atoms with Crippen molar-refractivity contribution < 1.29 is 34.8 Å². The fraction of sp³-hybridized carbons (Fsp3) is 0.357. The minimum atomic E-state index is -2.66. The van der Waals surface area contributed by atoms with Crippen molar-refractivity contribution >= 4 is 23.3 Å². The number of likely N-dealkylation sites (N-methyl/N-ethyl adjacent to an activating group) is 1. The van der Waals surface area contributed by atoms with Crippen molar-refractivity contribution in [1.29, 1.82) is 0 Å². The van der Waals surface area contributed by atoms with E-state index in [-0.39, 0.29) is 29.7 Å². The number of Topliss-reactive ketones (excluding diaryl/α,β-unsaturated/α-hetero) is 2. The van der Waals surface area contributed by atoms with Crippen LogP contribution in [0.2, 0.25) is 0 Å². The largest absolute Gasteiger partial charge is 0.510 e. The molecular weight excluding hydrogens is 504 g/mol. The van der Waals surface area contributed by atoms with Gasteiger partial charge in [0.1, 0.15) is 28.7 Å². The smallest absolute Gasteiger partial charge is 0.255 e. The normalized spacial score (nSPS) is 26.4. The number of carbonyl (C=O) groups is 3. The molecule has 0 bridgehead atoms. The van der Waals surface area contributed by atoms with E-state index in [2.05, 4.69) is 4.98 Å². The number of primary amides is 1. The number of phenols is 1. The van der Waals surface area contributed by atoms with Gasteiger partial charge < -0.3 is 31.1 Å². The van der Waals surface area contributed by atoms with Gasteiger partial charge in [-0.3, -0.25) is 19.3 Å². The van der Waals surface area contributed by atoms with Crippen LogP contribution in [0.25, 0.3) is 11.1 Å². The van der Waals surface area contributed by atoms with Gasteiger partial charge in [-0.25, -0.2) is 4.98 Å². The summed E-state index contributed by atoms with van der Waals surface area (Å²) in [6.45, 7) is 0. The molecule has 1 aromatic carbocycles. The predicted molar refractivity (Wildman–Crippen MR) is 141 cm³/mol. The van der Waals surface area contributed by atoms with Crippen molar-refractivity contribution in [2.45, 2.75) is 24.5 Å². The molecule has 0 aliphatic heterocycles. The van der Waals surface area contributed by atoms with E-state index in [0.717, 1.165) is 11.4 Å². The quantitative estimate of drug-likeness (QED) is 0.359. The number of nitrogens with two attached hydrogens (primary N) is 1. The Morgan fingerprint density at radius 3 is 2.33 bits per heavy atom. The number of carbonyl (C=O) groups excluding carboxylic acids is 3. The molecule has 204 valence electrons. The summed E-state index contributed by atoms with van der Waals surface area (Å²) in [6.07, 6.45) is 1.90. The molecule has 3 aliphatic carbocycles. The van der Waals surface area contributed by atoms with Crippen LogP contribution in [0.3, 0.4) is 0 Å². The fourth-order valence-corrected chi connectivity index (χ4v) is 6.33. The number of aliphatic hydroxyl groups is 3. The zero-order chi connectivity index (χ0) is 28.5. The van der Waals surface area contributed by atoms with Crippen molar-refractivity contribution in [1.82, 2.24) is 9.88 Å². The number of benzene rings is 1. The standard InChI is InChI=1S/C28H30N4O7/c1-31(2)18-8-5-12(11-30-18)14-6-7-17(33)20-15(14)9-13-10-16-22(32(3)4)24(35)21(27(29)38)26(37)28(16,39)25(36)19(13)23(20)34/h5-8,11,13,16,22,33,35-36,39H,9-10H2,1-4H3,(H2,29,38)/t13-,16-,22-,28-/m0/s1. The van der Waals surface area contributed by atoms with Gasteiger partial charge in [-0.05, 0) is 62.2 Å². The van der Waals surface area contributed by atoms with Crippen LogP contribution >= 0.6 is 0 Å². The SMILES string of the molecule is CN(C)c1ccc(-c2ccc(O)c3c2C[C@H]2C[C@H]4[C@H](N(C)C)C(O)=C(C(N)=O)C(=O)[C@@]4(O)C(O)=C2C3=O)cn1. The molecule has 1 heterocycles. The highest BCUT2D eigenvalue weighted by atomic mass is 16.3. The molecule has 2 aromatic rings. The average Bonchev–Trinajstić information content (AvgIpc) is 2.86. The second kappa shape index (κ2) is 8.92. The van der Waals surface area contributed by atoms with E-state index in [1.165, 1.54) is 11.0 Å². The van der Waals surface area contributed by atoms with Crippen LogP contribution in [0.5, 0.6) is 5.75 Å². The number of amides is 1. The van der Waals surface area contributed by atoms with Crippen molar-refractivity contribution in [2.24, 2.45) is 17.6 Å². The van der Waals surface area contributed by atoms with Gasteiger partial charge >= 0.3 is 0 Å². The van der Waals surface area contributed by atoms with E-state index < -0.39 is 58.0 Å². The van der Waals surface area contributed by atoms with Gasteiger partial charge in [-0.15, -0.1) is 0 Å². The molecule has 0 fully saturated rings. The van der Waals surface area contributed by atoms with E-state index in [1.807, 2.05) is 31.1 Å². The van der Waals surface area contributed by atoms with E-state index in [4.69, 9.17) is 5.73 Å². The molecule has 6 N–H and O–H groups in total. The average molecular weight is 535 g/mol. The second-order valence-corrected chi connectivity index (χ2v) is 10.7. The number of rotatable bonds is 4. The maximum atomic E-state index is 13.8. The first-order valence-electron chi connectivity index (χ1n) is 12.4. The van der Waals surface area contributed by atoms with Gasteiger partial charge in [0.15, 0.2) is 11.4 Å². The summed E-state index contributed by atoms with van der Waals surface area (Å²) in [6, 6.07) is 5.73. The summed E-state index contributed by atoms with van der Waals surface area (Å²) < 4.78 is 0. The van der Waals surface area contributed by atoms with Gasteiger partial charge in [-0.2, -0.15) is 0 Å². The Labute approximate surface area is 224 Å². The van der Waals surface area contributed by atoms with Crippen molar-refractivity contribution in [3.8, 4) is 16.9 Å².